The van der Waals surface area contributed by atoms with Crippen molar-refractivity contribution in [2.75, 3.05) is 13.1 Å². The number of benzene rings is 2. The number of carbonyl (C=O) groups excluding carboxylic acids is 3. The molecule has 0 saturated carbocycles. The molecule has 0 unspecified atom stereocenters. The zero-order valence-electron chi connectivity index (χ0n) is 19.6. The molecule has 1 aliphatic rings. The summed E-state index contributed by atoms with van der Waals surface area (Å²) < 4.78 is 7.06. The van der Waals surface area contributed by atoms with Crippen LogP contribution in [-0.4, -0.2) is 57.3 Å². The zero-order chi connectivity index (χ0) is 24.5. The molecule has 3 N–H and O–H groups in total. The Labute approximate surface area is 197 Å². The standard InChI is InChI=1S/C25H29N5O4/c1-25(2,3)34-24(33)29-12-10-18(11-13-29)27-23(32)16-6-4-8-19(14-16)30-15-17-7-5-9-20(22(26)31)21(17)28-30/h4-9,14-15,18H,10-13H2,1-3H3,(H2,26,31)(H,27,32). The molecule has 1 saturated heterocycles. The summed E-state index contributed by atoms with van der Waals surface area (Å²) in [5.41, 5.74) is 6.99. The van der Waals surface area contributed by atoms with Crippen molar-refractivity contribution in [2.45, 2.75) is 45.3 Å². The maximum Gasteiger partial charge on any atom is 0.410 e. The summed E-state index contributed by atoms with van der Waals surface area (Å²) in [6, 6.07) is 12.3. The van der Waals surface area contributed by atoms with Gasteiger partial charge in [0.2, 0.25) is 0 Å². The fourth-order valence-electron chi connectivity index (χ4n) is 3.97. The number of piperidine rings is 1. The van der Waals surface area contributed by atoms with E-state index in [0.717, 1.165) is 5.39 Å². The first kappa shape index (κ1) is 23.3. The Morgan fingerprint density at radius 1 is 1.09 bits per heavy atom. The van der Waals surface area contributed by atoms with Gasteiger partial charge in [-0.1, -0.05) is 18.2 Å². The van der Waals surface area contributed by atoms with Crippen molar-refractivity contribution in [3.05, 3.63) is 59.8 Å². The highest BCUT2D eigenvalue weighted by Gasteiger charge is 2.27. The van der Waals surface area contributed by atoms with E-state index >= 15 is 0 Å². The average Bonchev–Trinajstić information content (AvgIpc) is 3.23. The molecule has 0 atom stereocenters. The van der Waals surface area contributed by atoms with Crippen LogP contribution < -0.4 is 11.1 Å². The number of rotatable bonds is 4. The minimum atomic E-state index is -0.540. The van der Waals surface area contributed by atoms with E-state index in [1.165, 1.54) is 0 Å². The SMILES string of the molecule is CC(C)(C)OC(=O)N1CCC(NC(=O)c2cccc(-n3cc4cccc(C(N)=O)c4n3)c2)CC1. The molecule has 4 rings (SSSR count). The highest BCUT2D eigenvalue weighted by atomic mass is 16.6. The van der Waals surface area contributed by atoms with E-state index in [1.807, 2.05) is 32.9 Å². The Bertz CT molecular complexity index is 1240. The smallest absolute Gasteiger partial charge is 0.410 e. The summed E-state index contributed by atoms with van der Waals surface area (Å²) in [6.45, 7) is 6.58. The van der Waals surface area contributed by atoms with Crippen molar-refractivity contribution in [1.82, 2.24) is 20.0 Å². The largest absolute Gasteiger partial charge is 0.444 e. The summed E-state index contributed by atoms with van der Waals surface area (Å²) in [4.78, 5) is 38.5. The molecule has 1 aromatic heterocycles. The van der Waals surface area contributed by atoms with E-state index in [4.69, 9.17) is 10.5 Å². The summed E-state index contributed by atoms with van der Waals surface area (Å²) in [5.74, 6) is -0.728. The zero-order valence-corrected chi connectivity index (χ0v) is 19.6. The van der Waals surface area contributed by atoms with Crippen LogP contribution in [0.1, 0.15) is 54.3 Å². The Hall–Kier alpha value is -3.88. The van der Waals surface area contributed by atoms with E-state index in [-0.39, 0.29) is 18.0 Å². The Balaban J connectivity index is 1.42. The van der Waals surface area contributed by atoms with Crippen LogP contribution in [0.4, 0.5) is 4.79 Å². The molecular weight excluding hydrogens is 434 g/mol. The second kappa shape index (κ2) is 9.17. The Morgan fingerprint density at radius 2 is 1.79 bits per heavy atom. The number of nitrogens with one attached hydrogen (secondary N) is 1. The molecule has 1 aliphatic heterocycles. The third-order valence-corrected chi connectivity index (χ3v) is 5.66. The second-order valence-electron chi connectivity index (χ2n) is 9.45. The van der Waals surface area contributed by atoms with Crippen molar-refractivity contribution in [2.24, 2.45) is 5.73 Å². The number of nitrogens with zero attached hydrogens (tertiary/aromatic N) is 3. The molecule has 9 heteroatoms. The highest BCUT2D eigenvalue weighted by molar-refractivity contribution is 6.04. The first-order valence-corrected chi connectivity index (χ1v) is 11.3. The van der Waals surface area contributed by atoms with E-state index < -0.39 is 11.5 Å². The summed E-state index contributed by atoms with van der Waals surface area (Å²) >= 11 is 0. The molecule has 1 fully saturated rings. The number of amides is 3. The van der Waals surface area contributed by atoms with Crippen molar-refractivity contribution in [1.29, 1.82) is 0 Å². The quantitative estimate of drug-likeness (QED) is 0.615. The van der Waals surface area contributed by atoms with E-state index in [0.29, 0.717) is 48.3 Å². The fraction of sp³-hybridized carbons (Fsp3) is 0.360. The predicted octanol–water partition coefficient (Wildman–Crippen LogP) is 3.25. The van der Waals surface area contributed by atoms with Crippen LogP contribution in [0.15, 0.2) is 48.7 Å². The van der Waals surface area contributed by atoms with Gasteiger partial charge in [0.25, 0.3) is 11.8 Å². The first-order chi connectivity index (χ1) is 16.1. The minimum Gasteiger partial charge on any atom is -0.444 e. The lowest BCUT2D eigenvalue weighted by Crippen LogP contribution is -2.47. The fourth-order valence-corrected chi connectivity index (χ4v) is 3.97. The van der Waals surface area contributed by atoms with Gasteiger partial charge in [0.05, 0.1) is 11.3 Å². The van der Waals surface area contributed by atoms with Crippen LogP contribution >= 0.6 is 0 Å². The predicted molar refractivity (Wildman–Crippen MR) is 128 cm³/mol. The van der Waals surface area contributed by atoms with Crippen LogP contribution in [0.3, 0.4) is 0 Å². The molecule has 0 radical (unpaired) electrons. The average molecular weight is 464 g/mol. The molecule has 0 aliphatic carbocycles. The van der Waals surface area contributed by atoms with Gasteiger partial charge in [-0.05, 0) is 57.9 Å². The van der Waals surface area contributed by atoms with Gasteiger partial charge in [-0.3, -0.25) is 9.59 Å². The normalized spacial score (nSPS) is 14.7. The van der Waals surface area contributed by atoms with Crippen LogP contribution in [0.5, 0.6) is 0 Å². The van der Waals surface area contributed by atoms with Gasteiger partial charge in [-0.15, -0.1) is 0 Å². The maximum absolute atomic E-state index is 12.9. The molecule has 178 valence electrons. The molecule has 34 heavy (non-hydrogen) atoms. The Morgan fingerprint density at radius 3 is 2.47 bits per heavy atom. The molecular formula is C25H29N5O4. The minimum absolute atomic E-state index is 0.0275. The third kappa shape index (κ3) is 5.19. The number of fused-ring (bicyclic) bond motifs is 1. The van der Waals surface area contributed by atoms with Crippen molar-refractivity contribution < 1.29 is 19.1 Å². The monoisotopic (exact) mass is 463 g/mol. The lowest BCUT2D eigenvalue weighted by atomic mass is 10.0. The van der Waals surface area contributed by atoms with E-state index in [1.54, 1.807) is 46.1 Å². The van der Waals surface area contributed by atoms with Crippen LogP contribution in [0.25, 0.3) is 16.6 Å². The molecule has 3 amide bonds. The topological polar surface area (TPSA) is 120 Å². The molecule has 2 aromatic carbocycles. The maximum atomic E-state index is 12.9. The lowest BCUT2D eigenvalue weighted by molar-refractivity contribution is 0.0199. The first-order valence-electron chi connectivity index (χ1n) is 11.3. The number of hydrogen-bond acceptors (Lipinski definition) is 5. The summed E-state index contributed by atoms with van der Waals surface area (Å²) in [6.07, 6.45) is 2.79. The van der Waals surface area contributed by atoms with E-state index in [9.17, 15) is 14.4 Å². The van der Waals surface area contributed by atoms with Crippen LogP contribution in [0, 0.1) is 0 Å². The van der Waals surface area contributed by atoms with Gasteiger partial charge >= 0.3 is 6.09 Å². The van der Waals surface area contributed by atoms with Gasteiger partial charge in [0.15, 0.2) is 0 Å². The Kier molecular flexibility index (Phi) is 6.28. The number of aromatic nitrogens is 2. The molecule has 9 nitrogen and oxygen atoms in total. The lowest BCUT2D eigenvalue weighted by Gasteiger charge is -2.33. The van der Waals surface area contributed by atoms with Crippen LogP contribution in [-0.2, 0) is 4.74 Å². The molecule has 2 heterocycles. The number of ether oxygens (including phenoxy) is 1. The molecule has 0 spiro atoms. The van der Waals surface area contributed by atoms with Crippen LogP contribution in [0.2, 0.25) is 0 Å². The summed E-state index contributed by atoms with van der Waals surface area (Å²) in [5, 5.41) is 8.35. The van der Waals surface area contributed by atoms with Crippen molar-refractivity contribution in [3.63, 3.8) is 0 Å². The number of carbonyl (C=O) groups is 3. The number of likely N-dealkylation sites (tertiary alicyclic amines) is 1. The number of nitrogens with two attached hydrogens (primary N) is 1. The van der Waals surface area contributed by atoms with Gasteiger partial charge < -0.3 is 20.7 Å². The highest BCUT2D eigenvalue weighted by Crippen LogP contribution is 2.21. The second-order valence-corrected chi connectivity index (χ2v) is 9.45. The van der Waals surface area contributed by atoms with Gasteiger partial charge in [0.1, 0.15) is 11.1 Å². The number of hydrogen-bond donors (Lipinski definition) is 2. The number of primary amides is 1. The van der Waals surface area contributed by atoms with Gasteiger partial charge in [0, 0.05) is 36.3 Å². The summed E-state index contributed by atoms with van der Waals surface area (Å²) in [7, 11) is 0. The van der Waals surface area contributed by atoms with Crippen molar-refractivity contribution in [3.8, 4) is 5.69 Å². The molecule has 3 aromatic rings. The third-order valence-electron chi connectivity index (χ3n) is 5.66. The van der Waals surface area contributed by atoms with Gasteiger partial charge in [-0.25, -0.2) is 9.48 Å². The van der Waals surface area contributed by atoms with E-state index in [2.05, 4.69) is 10.4 Å². The van der Waals surface area contributed by atoms with Gasteiger partial charge in [-0.2, -0.15) is 5.10 Å². The van der Waals surface area contributed by atoms with Crippen molar-refractivity contribution >= 4 is 28.8 Å². The molecule has 0 bridgehead atoms.